The van der Waals surface area contributed by atoms with Gasteiger partial charge in [0, 0.05) is 25.5 Å². The number of alkyl halides is 3. The summed E-state index contributed by atoms with van der Waals surface area (Å²) in [4.78, 5) is 11.4. The highest BCUT2D eigenvalue weighted by molar-refractivity contribution is 14.0. The summed E-state index contributed by atoms with van der Waals surface area (Å²) in [5.74, 6) is 0.669. The Kier molecular flexibility index (Phi) is 8.13. The van der Waals surface area contributed by atoms with E-state index >= 15 is 0 Å². The van der Waals surface area contributed by atoms with Crippen LogP contribution in [-0.4, -0.2) is 29.9 Å². The molecule has 0 radical (unpaired) electrons. The van der Waals surface area contributed by atoms with Crippen LogP contribution in [-0.2, 0) is 19.3 Å². The fraction of sp³-hybridized carbons (Fsp3) is 0.375. The molecule has 0 atom stereocenters. The van der Waals surface area contributed by atoms with Crippen LogP contribution >= 0.6 is 35.3 Å². The molecular weight excluding hydrogens is 464 g/mol. The Labute approximate surface area is 166 Å². The molecule has 0 aliphatic heterocycles. The number of nitrogens with zero attached hydrogens (tertiary/aromatic N) is 3. The fourth-order valence-corrected chi connectivity index (χ4v) is 2.90. The summed E-state index contributed by atoms with van der Waals surface area (Å²) >= 11 is 1.57. The van der Waals surface area contributed by atoms with Crippen LogP contribution in [0.2, 0.25) is 0 Å². The van der Waals surface area contributed by atoms with E-state index < -0.39 is 11.7 Å². The van der Waals surface area contributed by atoms with E-state index in [1.807, 2.05) is 18.9 Å². The van der Waals surface area contributed by atoms with Gasteiger partial charge in [0.25, 0.3) is 0 Å². The van der Waals surface area contributed by atoms with Gasteiger partial charge in [-0.15, -0.1) is 35.3 Å². The van der Waals surface area contributed by atoms with Crippen LogP contribution in [0, 0.1) is 6.92 Å². The van der Waals surface area contributed by atoms with Crippen LogP contribution in [0.15, 0.2) is 34.8 Å². The zero-order valence-corrected chi connectivity index (χ0v) is 17.2. The summed E-state index contributed by atoms with van der Waals surface area (Å²) in [6, 6.07) is 5.17. The molecule has 0 fully saturated rings. The molecule has 4 nitrogen and oxygen atoms in total. The number of aryl methyl sites for hydroxylation is 1. The van der Waals surface area contributed by atoms with Gasteiger partial charge in [0.1, 0.15) is 0 Å². The normalized spacial score (nSPS) is 11.8. The maximum absolute atomic E-state index is 12.6. The highest BCUT2D eigenvalue weighted by atomic mass is 127. The number of guanidine groups is 1. The average molecular weight is 484 g/mol. The van der Waals surface area contributed by atoms with Crippen molar-refractivity contribution in [1.82, 2.24) is 15.2 Å². The summed E-state index contributed by atoms with van der Waals surface area (Å²) in [6.45, 7) is 3.02. The van der Waals surface area contributed by atoms with E-state index in [0.29, 0.717) is 19.0 Å². The Balaban J connectivity index is 0.00000312. The first kappa shape index (κ1) is 21.7. The Morgan fingerprint density at radius 3 is 2.40 bits per heavy atom. The predicted molar refractivity (Wildman–Crippen MR) is 105 cm³/mol. The molecule has 0 aliphatic rings. The van der Waals surface area contributed by atoms with Gasteiger partial charge in [0.2, 0.25) is 0 Å². The number of benzene rings is 1. The van der Waals surface area contributed by atoms with E-state index in [4.69, 9.17) is 0 Å². The van der Waals surface area contributed by atoms with Crippen molar-refractivity contribution in [3.8, 4) is 0 Å². The van der Waals surface area contributed by atoms with Gasteiger partial charge in [-0.3, -0.25) is 4.99 Å². The standard InChI is InChI=1S/C16H19F3N4S.HI/c1-11-14(24-10-22-11)8-21-15(20-2)23(3)9-12-4-6-13(7-5-12)16(17,18)19;/h4-7,10H,8-9H2,1-3H3,(H,20,21);1H. The van der Waals surface area contributed by atoms with Crippen molar-refractivity contribution >= 4 is 41.3 Å². The Morgan fingerprint density at radius 1 is 1.28 bits per heavy atom. The fourth-order valence-electron chi connectivity index (χ4n) is 2.19. The molecule has 2 rings (SSSR count). The summed E-state index contributed by atoms with van der Waals surface area (Å²) in [7, 11) is 3.51. The second-order valence-corrected chi connectivity index (χ2v) is 6.25. The molecule has 0 bridgehead atoms. The number of halogens is 4. The van der Waals surface area contributed by atoms with E-state index in [9.17, 15) is 13.2 Å². The molecule has 1 N–H and O–H groups in total. The predicted octanol–water partition coefficient (Wildman–Crippen LogP) is 4.30. The molecular formula is C16H20F3IN4S. The minimum atomic E-state index is -4.31. The highest BCUT2D eigenvalue weighted by Crippen LogP contribution is 2.29. The Bertz CT molecular complexity index is 698. The largest absolute Gasteiger partial charge is 0.416 e. The second-order valence-electron chi connectivity index (χ2n) is 5.31. The number of rotatable bonds is 4. The summed E-state index contributed by atoms with van der Waals surface area (Å²) < 4.78 is 37.8. The van der Waals surface area contributed by atoms with E-state index in [-0.39, 0.29) is 24.0 Å². The SMILES string of the molecule is CN=C(NCc1scnc1C)N(C)Cc1ccc(C(F)(F)F)cc1.I. The van der Waals surface area contributed by atoms with Crippen molar-refractivity contribution in [2.75, 3.05) is 14.1 Å². The van der Waals surface area contributed by atoms with Gasteiger partial charge in [0.05, 0.1) is 23.3 Å². The van der Waals surface area contributed by atoms with E-state index in [2.05, 4.69) is 15.3 Å². The smallest absolute Gasteiger partial charge is 0.351 e. The first-order valence-corrected chi connectivity index (χ1v) is 8.16. The number of hydrogen-bond donors (Lipinski definition) is 1. The van der Waals surface area contributed by atoms with Crippen LogP contribution < -0.4 is 5.32 Å². The first-order chi connectivity index (χ1) is 11.3. The van der Waals surface area contributed by atoms with Crippen LogP contribution in [0.4, 0.5) is 13.2 Å². The van der Waals surface area contributed by atoms with Crippen molar-refractivity contribution in [2.45, 2.75) is 26.2 Å². The van der Waals surface area contributed by atoms with Crippen LogP contribution in [0.1, 0.15) is 21.7 Å². The van der Waals surface area contributed by atoms with Crippen molar-refractivity contribution in [3.05, 3.63) is 51.5 Å². The lowest BCUT2D eigenvalue weighted by Gasteiger charge is -2.22. The molecule has 0 saturated heterocycles. The maximum atomic E-state index is 12.6. The highest BCUT2D eigenvalue weighted by Gasteiger charge is 2.29. The molecule has 138 valence electrons. The minimum absolute atomic E-state index is 0. The molecule has 0 spiro atoms. The van der Waals surface area contributed by atoms with Gasteiger partial charge < -0.3 is 10.2 Å². The van der Waals surface area contributed by atoms with Gasteiger partial charge in [-0.2, -0.15) is 13.2 Å². The van der Waals surface area contributed by atoms with Crippen LogP contribution in [0.5, 0.6) is 0 Å². The van der Waals surface area contributed by atoms with E-state index in [1.54, 1.807) is 23.9 Å². The molecule has 1 aromatic carbocycles. The third kappa shape index (κ3) is 6.14. The third-order valence-electron chi connectivity index (χ3n) is 3.53. The summed E-state index contributed by atoms with van der Waals surface area (Å²) in [6.07, 6.45) is -4.31. The average Bonchev–Trinajstić information content (AvgIpc) is 2.93. The molecule has 0 aliphatic carbocycles. The Hall–Kier alpha value is -1.36. The van der Waals surface area contributed by atoms with Gasteiger partial charge in [-0.05, 0) is 24.6 Å². The van der Waals surface area contributed by atoms with Crippen LogP contribution in [0.25, 0.3) is 0 Å². The zero-order chi connectivity index (χ0) is 17.7. The van der Waals surface area contributed by atoms with Gasteiger partial charge in [-0.1, -0.05) is 12.1 Å². The lowest BCUT2D eigenvalue weighted by atomic mass is 10.1. The molecule has 0 amide bonds. The first-order valence-electron chi connectivity index (χ1n) is 7.28. The maximum Gasteiger partial charge on any atom is 0.416 e. The van der Waals surface area contributed by atoms with Crippen molar-refractivity contribution < 1.29 is 13.2 Å². The van der Waals surface area contributed by atoms with Gasteiger partial charge in [0.15, 0.2) is 5.96 Å². The third-order valence-corrected chi connectivity index (χ3v) is 4.46. The number of hydrogen-bond acceptors (Lipinski definition) is 3. The van der Waals surface area contributed by atoms with Crippen LogP contribution in [0.3, 0.4) is 0 Å². The molecule has 1 heterocycles. The second kappa shape index (κ2) is 9.37. The van der Waals surface area contributed by atoms with E-state index in [0.717, 1.165) is 28.3 Å². The number of thiazole rings is 1. The van der Waals surface area contributed by atoms with Crippen molar-refractivity contribution in [3.63, 3.8) is 0 Å². The quantitative estimate of drug-likeness (QED) is 0.400. The summed E-state index contributed by atoms with van der Waals surface area (Å²) in [5, 5.41) is 3.23. The molecule has 25 heavy (non-hydrogen) atoms. The Morgan fingerprint density at radius 2 is 1.92 bits per heavy atom. The molecule has 2 aromatic rings. The lowest BCUT2D eigenvalue weighted by Crippen LogP contribution is -2.38. The van der Waals surface area contributed by atoms with E-state index in [1.165, 1.54) is 12.1 Å². The molecule has 0 unspecified atom stereocenters. The number of aromatic nitrogens is 1. The van der Waals surface area contributed by atoms with Crippen molar-refractivity contribution in [1.29, 1.82) is 0 Å². The molecule has 1 aromatic heterocycles. The molecule has 0 saturated carbocycles. The van der Waals surface area contributed by atoms with Gasteiger partial charge >= 0.3 is 6.18 Å². The number of aliphatic imine (C=N–C) groups is 1. The zero-order valence-electron chi connectivity index (χ0n) is 14.1. The molecule has 9 heteroatoms. The topological polar surface area (TPSA) is 40.5 Å². The monoisotopic (exact) mass is 484 g/mol. The lowest BCUT2D eigenvalue weighted by molar-refractivity contribution is -0.137. The van der Waals surface area contributed by atoms with Crippen molar-refractivity contribution in [2.24, 2.45) is 4.99 Å². The minimum Gasteiger partial charge on any atom is -0.351 e. The number of nitrogens with one attached hydrogen (secondary N) is 1. The summed E-state index contributed by atoms with van der Waals surface area (Å²) in [5.41, 5.74) is 2.91. The van der Waals surface area contributed by atoms with Gasteiger partial charge in [-0.25, -0.2) is 4.98 Å².